The predicted molar refractivity (Wildman–Crippen MR) is 119 cm³/mol. The van der Waals surface area contributed by atoms with E-state index in [1.807, 2.05) is 28.9 Å². The van der Waals surface area contributed by atoms with E-state index in [4.69, 9.17) is 14.5 Å². The highest BCUT2D eigenvalue weighted by Gasteiger charge is 2.44. The first-order valence-corrected chi connectivity index (χ1v) is 11.1. The second-order valence-corrected chi connectivity index (χ2v) is 9.11. The van der Waals surface area contributed by atoms with Crippen LogP contribution in [0.25, 0.3) is 11.0 Å². The Kier molecular flexibility index (Phi) is 4.64. The Hall–Kier alpha value is -3.09. The number of fused-ring (bicyclic) bond motifs is 2. The molecule has 162 valence electrons. The molecule has 1 aliphatic carbocycles. The Morgan fingerprint density at radius 1 is 1.10 bits per heavy atom. The lowest BCUT2D eigenvalue weighted by molar-refractivity contribution is -0.0716. The highest BCUT2D eigenvalue weighted by Crippen LogP contribution is 2.47. The highest BCUT2D eigenvalue weighted by atomic mass is 16.7. The van der Waals surface area contributed by atoms with Gasteiger partial charge < -0.3 is 14.8 Å². The molecule has 1 spiro atoms. The number of ether oxygens (including phenoxy) is 2. The summed E-state index contributed by atoms with van der Waals surface area (Å²) >= 11 is 0. The van der Waals surface area contributed by atoms with Gasteiger partial charge in [-0.05, 0) is 50.8 Å². The Morgan fingerprint density at radius 2 is 1.84 bits per heavy atom. The molecule has 31 heavy (non-hydrogen) atoms. The zero-order valence-electron chi connectivity index (χ0n) is 18.4. The summed E-state index contributed by atoms with van der Waals surface area (Å²) in [6.07, 6.45) is 5.74. The number of amides is 1. The fraction of sp³-hybridized carbons (Fsp3) is 0.458. The van der Waals surface area contributed by atoms with Crippen molar-refractivity contribution in [2.75, 3.05) is 5.32 Å². The number of carbonyl (C=O) groups excluding carboxylic acids is 1. The van der Waals surface area contributed by atoms with Gasteiger partial charge >= 0.3 is 0 Å². The monoisotopic (exact) mass is 420 g/mol. The number of aromatic nitrogens is 3. The maximum Gasteiger partial charge on any atom is 0.256 e. The summed E-state index contributed by atoms with van der Waals surface area (Å²) in [7, 11) is 0. The van der Waals surface area contributed by atoms with Gasteiger partial charge in [-0.2, -0.15) is 5.10 Å². The predicted octanol–water partition coefficient (Wildman–Crippen LogP) is 5.43. The molecule has 0 atom stereocenters. The Labute approximate surface area is 181 Å². The average molecular weight is 421 g/mol. The van der Waals surface area contributed by atoms with Crippen molar-refractivity contribution in [2.45, 2.75) is 71.1 Å². The van der Waals surface area contributed by atoms with Crippen LogP contribution in [-0.2, 0) is 0 Å². The summed E-state index contributed by atoms with van der Waals surface area (Å²) in [4.78, 5) is 18.1. The van der Waals surface area contributed by atoms with Crippen LogP contribution in [0.15, 0.2) is 30.5 Å². The lowest BCUT2D eigenvalue weighted by Gasteiger charge is -2.21. The van der Waals surface area contributed by atoms with E-state index >= 15 is 0 Å². The highest BCUT2D eigenvalue weighted by molar-refractivity contribution is 6.12. The molecule has 1 saturated carbocycles. The molecule has 1 amide bonds. The molecule has 5 rings (SSSR count). The topological polar surface area (TPSA) is 78.3 Å². The van der Waals surface area contributed by atoms with E-state index in [0.29, 0.717) is 17.0 Å². The summed E-state index contributed by atoms with van der Waals surface area (Å²) in [6, 6.07) is 7.60. The van der Waals surface area contributed by atoms with Gasteiger partial charge in [-0.25, -0.2) is 9.67 Å². The van der Waals surface area contributed by atoms with Crippen molar-refractivity contribution in [3.05, 3.63) is 41.7 Å². The molecule has 7 heteroatoms. The third kappa shape index (κ3) is 3.42. The smallest absolute Gasteiger partial charge is 0.256 e. The summed E-state index contributed by atoms with van der Waals surface area (Å²) in [6.45, 7) is 8.25. The molecule has 1 fully saturated rings. The van der Waals surface area contributed by atoms with Crippen LogP contribution in [0.3, 0.4) is 0 Å². The molecule has 0 radical (unpaired) electrons. The molecule has 1 aliphatic heterocycles. The Morgan fingerprint density at radius 3 is 2.55 bits per heavy atom. The van der Waals surface area contributed by atoms with Crippen LogP contribution in [0.5, 0.6) is 11.5 Å². The molecular weight excluding hydrogens is 392 g/mol. The van der Waals surface area contributed by atoms with Crippen molar-refractivity contribution < 1.29 is 14.3 Å². The molecule has 7 nitrogen and oxygen atoms in total. The number of nitrogens with zero attached hydrogens (tertiary/aromatic N) is 3. The molecule has 1 aromatic carbocycles. The molecule has 2 aliphatic rings. The van der Waals surface area contributed by atoms with Gasteiger partial charge in [-0.1, -0.05) is 13.8 Å². The lowest BCUT2D eigenvalue weighted by Crippen LogP contribution is -2.34. The summed E-state index contributed by atoms with van der Waals surface area (Å²) in [5.74, 6) is 0.924. The SMILES string of the molecule is CC(C)c1cc(C(=O)Nc2ccc3c(c2)OC2(CCCC2)O3)c2cnn(C(C)C)c2n1. The number of rotatable bonds is 4. The number of anilines is 1. The van der Waals surface area contributed by atoms with Gasteiger partial charge in [-0.15, -0.1) is 0 Å². The maximum absolute atomic E-state index is 13.3. The minimum absolute atomic E-state index is 0.153. The van der Waals surface area contributed by atoms with Gasteiger partial charge in [-0.3, -0.25) is 4.79 Å². The fourth-order valence-electron chi connectivity index (χ4n) is 4.39. The molecular formula is C24H28N4O3. The van der Waals surface area contributed by atoms with Gasteiger partial charge in [0.2, 0.25) is 0 Å². The van der Waals surface area contributed by atoms with E-state index < -0.39 is 5.79 Å². The van der Waals surface area contributed by atoms with Crippen LogP contribution in [0.1, 0.15) is 81.4 Å². The molecule has 3 heterocycles. The fourth-order valence-corrected chi connectivity index (χ4v) is 4.39. The number of hydrogen-bond acceptors (Lipinski definition) is 5. The second kappa shape index (κ2) is 7.25. The molecule has 0 bridgehead atoms. The number of pyridine rings is 1. The van der Waals surface area contributed by atoms with E-state index in [0.717, 1.165) is 48.2 Å². The standard InChI is InChI=1S/C24H28N4O3/c1-14(2)19-12-17(18-13-25-28(15(3)4)22(18)27-19)23(29)26-16-7-8-20-21(11-16)31-24(30-20)9-5-6-10-24/h7-8,11-15H,5-6,9-10H2,1-4H3,(H,26,29). The normalized spacial score (nSPS) is 16.7. The van der Waals surface area contributed by atoms with Gasteiger partial charge in [0.15, 0.2) is 17.1 Å². The van der Waals surface area contributed by atoms with Crippen molar-refractivity contribution in [1.29, 1.82) is 0 Å². The van der Waals surface area contributed by atoms with Crippen LogP contribution in [0.2, 0.25) is 0 Å². The van der Waals surface area contributed by atoms with E-state index in [1.165, 1.54) is 0 Å². The minimum atomic E-state index is -0.514. The van der Waals surface area contributed by atoms with E-state index in [9.17, 15) is 4.79 Å². The number of benzene rings is 1. The number of nitrogens with one attached hydrogen (secondary N) is 1. The van der Waals surface area contributed by atoms with Gasteiger partial charge in [0.1, 0.15) is 0 Å². The molecule has 0 saturated heterocycles. The minimum Gasteiger partial charge on any atom is -0.448 e. The van der Waals surface area contributed by atoms with Crippen molar-refractivity contribution >= 4 is 22.6 Å². The average Bonchev–Trinajstić information content (AvgIpc) is 3.44. The van der Waals surface area contributed by atoms with Gasteiger partial charge in [0.05, 0.1) is 17.1 Å². The maximum atomic E-state index is 13.3. The van der Waals surface area contributed by atoms with Crippen LogP contribution in [0.4, 0.5) is 5.69 Å². The van der Waals surface area contributed by atoms with Crippen molar-refractivity contribution in [1.82, 2.24) is 14.8 Å². The molecule has 2 aromatic heterocycles. The summed E-state index contributed by atoms with van der Waals surface area (Å²) < 4.78 is 14.1. The Balaban J connectivity index is 1.46. The zero-order valence-corrected chi connectivity index (χ0v) is 18.4. The van der Waals surface area contributed by atoms with Crippen molar-refractivity contribution in [3.8, 4) is 11.5 Å². The van der Waals surface area contributed by atoms with Crippen LogP contribution < -0.4 is 14.8 Å². The van der Waals surface area contributed by atoms with Crippen LogP contribution in [0, 0.1) is 0 Å². The first-order valence-electron chi connectivity index (χ1n) is 11.1. The zero-order chi connectivity index (χ0) is 21.8. The van der Waals surface area contributed by atoms with Crippen LogP contribution in [-0.4, -0.2) is 26.5 Å². The molecule has 3 aromatic rings. The second-order valence-electron chi connectivity index (χ2n) is 9.11. The van der Waals surface area contributed by atoms with E-state index in [2.05, 4.69) is 38.1 Å². The van der Waals surface area contributed by atoms with Gasteiger partial charge in [0, 0.05) is 36.3 Å². The Bertz CT molecular complexity index is 1160. The number of hydrogen-bond donors (Lipinski definition) is 1. The number of carbonyl (C=O) groups is 1. The molecule has 1 N–H and O–H groups in total. The van der Waals surface area contributed by atoms with Crippen LogP contribution >= 0.6 is 0 Å². The lowest BCUT2D eigenvalue weighted by atomic mass is 10.0. The third-order valence-electron chi connectivity index (χ3n) is 6.07. The third-order valence-corrected chi connectivity index (χ3v) is 6.07. The van der Waals surface area contributed by atoms with Crippen molar-refractivity contribution in [2.24, 2.45) is 0 Å². The largest absolute Gasteiger partial charge is 0.448 e. The van der Waals surface area contributed by atoms with E-state index in [1.54, 1.807) is 6.20 Å². The first-order chi connectivity index (χ1) is 14.8. The summed E-state index contributed by atoms with van der Waals surface area (Å²) in [5, 5.41) is 8.25. The first kappa shape index (κ1) is 19.8. The van der Waals surface area contributed by atoms with E-state index in [-0.39, 0.29) is 17.9 Å². The van der Waals surface area contributed by atoms with Crippen molar-refractivity contribution in [3.63, 3.8) is 0 Å². The van der Waals surface area contributed by atoms with Gasteiger partial charge in [0.25, 0.3) is 11.7 Å². The quantitative estimate of drug-likeness (QED) is 0.609. The summed E-state index contributed by atoms with van der Waals surface area (Å²) in [5.41, 5.74) is 2.86. The molecule has 0 unspecified atom stereocenters.